The van der Waals surface area contributed by atoms with Crippen molar-refractivity contribution in [3.05, 3.63) is 0 Å². The van der Waals surface area contributed by atoms with Crippen LogP contribution in [0.5, 0.6) is 0 Å². The van der Waals surface area contributed by atoms with Crippen LogP contribution in [0.1, 0.15) is 19.3 Å². The Morgan fingerprint density at radius 1 is 1.15 bits per heavy atom. The Kier molecular flexibility index (Phi) is 6.49. The minimum absolute atomic E-state index is 0. The zero-order chi connectivity index (χ0) is 15.1. The summed E-state index contributed by atoms with van der Waals surface area (Å²) in [6.07, 6.45) is 0.781. The summed E-state index contributed by atoms with van der Waals surface area (Å²) in [5, 5.41) is 6.60. The monoisotopic (exact) mass is 353 g/mol. The molecule has 1 saturated heterocycles. The summed E-state index contributed by atoms with van der Waals surface area (Å²) in [7, 11) is -6.80. The van der Waals surface area contributed by atoms with Crippen LogP contribution in [0, 0.1) is 5.92 Å². The average molecular weight is 354 g/mol. The van der Waals surface area contributed by atoms with E-state index in [9.17, 15) is 14.2 Å². The molecule has 20 heavy (non-hydrogen) atoms. The van der Waals surface area contributed by atoms with Crippen LogP contribution in [0.25, 0.3) is 0 Å². The minimum atomic E-state index is -5.33. The maximum absolute atomic E-state index is 11.3. The molecule has 1 fully saturated rings. The van der Waals surface area contributed by atoms with Crippen molar-refractivity contribution < 1.29 is 50.7 Å². The maximum atomic E-state index is 11.3. The van der Waals surface area contributed by atoms with Crippen LogP contribution in [-0.4, -0.2) is 61.4 Å². The molecule has 0 aliphatic carbocycles. The molecule has 1 aliphatic rings. The van der Waals surface area contributed by atoms with Crippen LogP contribution >= 0.6 is 15.2 Å². The third-order valence-corrected chi connectivity index (χ3v) is 7.42. The van der Waals surface area contributed by atoms with E-state index in [1.54, 1.807) is 0 Å². The summed E-state index contributed by atoms with van der Waals surface area (Å²) in [5.41, 5.74) is 0. The zero-order valence-electron chi connectivity index (χ0n) is 11.4. The van der Waals surface area contributed by atoms with Crippen molar-refractivity contribution in [3.63, 3.8) is 0 Å². The molecule has 1 heterocycles. The fraction of sp³-hybridized carbons (Fsp3) is 1.00. The lowest BCUT2D eigenvalue weighted by Crippen LogP contribution is -3.00. The fourth-order valence-electron chi connectivity index (χ4n) is 2.65. The first kappa shape index (κ1) is 20.5. The van der Waals surface area contributed by atoms with Crippen LogP contribution in [0.2, 0.25) is 0 Å². The predicted octanol–water partition coefficient (Wildman–Crippen LogP) is -3.13. The Labute approximate surface area is 124 Å². The second kappa shape index (κ2) is 6.32. The van der Waals surface area contributed by atoms with E-state index in [4.69, 9.17) is 19.6 Å². The van der Waals surface area contributed by atoms with Gasteiger partial charge in [-0.3, -0.25) is 9.13 Å². The molecule has 0 bridgehead atoms. The molecular formula is C9H22ClNO7P2. The molecule has 1 unspecified atom stereocenters. The summed E-state index contributed by atoms with van der Waals surface area (Å²) < 4.78 is 23.2. The number of hydrogen-bond acceptors (Lipinski definition) is 3. The summed E-state index contributed by atoms with van der Waals surface area (Å²) in [6, 6.07) is 0. The lowest BCUT2D eigenvalue weighted by Gasteiger charge is -2.40. The van der Waals surface area contributed by atoms with E-state index in [0.717, 1.165) is 13.0 Å². The van der Waals surface area contributed by atoms with Crippen molar-refractivity contribution in [2.45, 2.75) is 24.3 Å². The molecule has 0 aromatic rings. The van der Waals surface area contributed by atoms with Gasteiger partial charge in [-0.15, -0.1) is 0 Å². The minimum Gasteiger partial charge on any atom is -1.00 e. The van der Waals surface area contributed by atoms with E-state index in [1.807, 2.05) is 14.1 Å². The second-order valence-electron chi connectivity index (χ2n) is 5.92. The molecule has 8 nitrogen and oxygen atoms in total. The van der Waals surface area contributed by atoms with Crippen LogP contribution in [0.15, 0.2) is 0 Å². The first-order valence-electron chi connectivity index (χ1n) is 5.94. The summed E-state index contributed by atoms with van der Waals surface area (Å²) in [4.78, 5) is 36.4. The number of quaternary nitrogens is 1. The summed E-state index contributed by atoms with van der Waals surface area (Å²) in [6.45, 7) is 1.41. The van der Waals surface area contributed by atoms with E-state index in [2.05, 4.69) is 0 Å². The van der Waals surface area contributed by atoms with Crippen molar-refractivity contribution in [2.75, 3.05) is 27.2 Å². The van der Waals surface area contributed by atoms with E-state index in [0.29, 0.717) is 17.4 Å². The van der Waals surface area contributed by atoms with Gasteiger partial charge in [0.1, 0.15) is 0 Å². The smallest absolute Gasteiger partial charge is 0.369 e. The van der Waals surface area contributed by atoms with Gasteiger partial charge in [-0.25, -0.2) is 0 Å². The molecule has 0 amide bonds. The molecule has 0 aromatic carbocycles. The van der Waals surface area contributed by atoms with Gasteiger partial charge >= 0.3 is 15.2 Å². The van der Waals surface area contributed by atoms with Gasteiger partial charge < -0.3 is 41.6 Å². The van der Waals surface area contributed by atoms with Gasteiger partial charge in [0.15, 0.2) is 0 Å². The van der Waals surface area contributed by atoms with Crippen LogP contribution in [0.3, 0.4) is 0 Å². The number of piperidine rings is 1. The van der Waals surface area contributed by atoms with Gasteiger partial charge in [-0.05, 0) is 12.8 Å². The Balaban J connectivity index is 0.00000361. The molecule has 0 spiro atoms. The molecule has 0 aromatic heterocycles. The molecular weight excluding hydrogens is 332 g/mol. The SMILES string of the molecule is C[N+]1(C)CCCC(CC(O)(P(=O)(O)O)P(=O)(O)O)C1.[Cl-]. The van der Waals surface area contributed by atoms with Gasteiger partial charge in [0.05, 0.1) is 27.2 Å². The van der Waals surface area contributed by atoms with E-state index in [1.165, 1.54) is 0 Å². The molecule has 5 N–H and O–H groups in total. The Hall–Kier alpha value is 0.510. The molecule has 1 rings (SSSR count). The average Bonchev–Trinajstić information content (AvgIpc) is 2.11. The summed E-state index contributed by atoms with van der Waals surface area (Å²) in [5.74, 6) is -0.339. The van der Waals surface area contributed by atoms with Crippen LogP contribution in [0.4, 0.5) is 0 Å². The number of likely N-dealkylation sites (tertiary alicyclic amines) is 1. The van der Waals surface area contributed by atoms with Gasteiger partial charge in [-0.1, -0.05) is 0 Å². The van der Waals surface area contributed by atoms with Crippen molar-refractivity contribution in [1.82, 2.24) is 0 Å². The molecule has 0 radical (unpaired) electrons. The van der Waals surface area contributed by atoms with Gasteiger partial charge in [-0.2, -0.15) is 0 Å². The number of halogens is 1. The third-order valence-electron chi connectivity index (χ3n) is 3.62. The van der Waals surface area contributed by atoms with Gasteiger partial charge in [0.25, 0.3) is 5.08 Å². The Morgan fingerprint density at radius 2 is 1.60 bits per heavy atom. The highest BCUT2D eigenvalue weighted by molar-refractivity contribution is 7.72. The molecule has 0 saturated carbocycles. The van der Waals surface area contributed by atoms with Gasteiger partial charge in [0.2, 0.25) is 0 Å². The van der Waals surface area contributed by atoms with Crippen LogP contribution in [-0.2, 0) is 9.13 Å². The van der Waals surface area contributed by atoms with E-state index in [-0.39, 0.29) is 18.3 Å². The number of nitrogens with zero attached hydrogens (tertiary/aromatic N) is 1. The molecule has 1 atom stereocenters. The fourth-order valence-corrected chi connectivity index (χ4v) is 5.00. The first-order valence-corrected chi connectivity index (χ1v) is 9.17. The normalized spacial score (nSPS) is 24.1. The predicted molar refractivity (Wildman–Crippen MR) is 68.2 cm³/mol. The number of rotatable bonds is 4. The standard InChI is InChI=1S/C9H21NO7P2.ClH/c1-10(2)5-3-4-8(7-10)6-9(11,18(12,13)14)19(15,16)17;/h8,11H,3-7H2,1-2H3,(H3-,12,13,14,15,16,17);1H. The Bertz CT molecular complexity index is 410. The molecule has 1 aliphatic heterocycles. The van der Waals surface area contributed by atoms with Crippen LogP contribution < -0.4 is 12.4 Å². The first-order chi connectivity index (χ1) is 8.29. The highest BCUT2D eigenvalue weighted by Gasteiger charge is 2.60. The lowest BCUT2D eigenvalue weighted by molar-refractivity contribution is -0.898. The van der Waals surface area contributed by atoms with Crippen molar-refractivity contribution >= 4 is 15.2 Å². The number of hydrogen-bond donors (Lipinski definition) is 5. The van der Waals surface area contributed by atoms with Crippen molar-refractivity contribution in [1.29, 1.82) is 0 Å². The topological polar surface area (TPSA) is 135 Å². The second-order valence-corrected chi connectivity index (χ2v) is 9.93. The lowest BCUT2D eigenvalue weighted by atomic mass is 9.94. The largest absolute Gasteiger partial charge is 1.00 e. The van der Waals surface area contributed by atoms with Gasteiger partial charge in [0, 0.05) is 12.3 Å². The van der Waals surface area contributed by atoms with E-state index < -0.39 is 26.7 Å². The van der Waals surface area contributed by atoms with Crippen molar-refractivity contribution in [2.24, 2.45) is 5.92 Å². The third kappa shape index (κ3) is 4.50. The van der Waals surface area contributed by atoms with Crippen molar-refractivity contribution in [3.8, 4) is 0 Å². The molecule has 122 valence electrons. The zero-order valence-corrected chi connectivity index (χ0v) is 13.9. The Morgan fingerprint density at radius 3 is 1.95 bits per heavy atom. The maximum Gasteiger partial charge on any atom is 0.369 e. The summed E-state index contributed by atoms with van der Waals surface area (Å²) >= 11 is 0. The number of aliphatic hydroxyl groups is 1. The molecule has 11 heteroatoms. The quantitative estimate of drug-likeness (QED) is 0.266. The highest BCUT2D eigenvalue weighted by Crippen LogP contribution is 2.69. The van der Waals surface area contributed by atoms with E-state index >= 15 is 0 Å². The highest BCUT2D eigenvalue weighted by atomic mass is 35.5.